The predicted molar refractivity (Wildman–Crippen MR) is 180 cm³/mol. The van der Waals surface area contributed by atoms with E-state index in [-0.39, 0.29) is 30.3 Å². The lowest BCUT2D eigenvalue weighted by Crippen LogP contribution is -2.16. The Hall–Kier alpha value is -2.87. The highest BCUT2D eigenvalue weighted by Gasteiger charge is 2.25. The Morgan fingerprint density at radius 2 is 1.45 bits per heavy atom. The second-order valence-corrected chi connectivity index (χ2v) is 13.4. The van der Waals surface area contributed by atoms with E-state index in [9.17, 15) is 9.59 Å². The van der Waals surface area contributed by atoms with Crippen molar-refractivity contribution >= 4 is 34.8 Å². The zero-order chi connectivity index (χ0) is 31.8. The number of hydrogen-bond donors (Lipinski definition) is 2. The molecular formula is C35H54ClN5O3. The quantitative estimate of drug-likeness (QED) is 0.0904. The fraction of sp³-hybridized carbons (Fsp3) is 0.657. The van der Waals surface area contributed by atoms with Gasteiger partial charge in [0.15, 0.2) is 11.5 Å². The van der Waals surface area contributed by atoms with E-state index in [1.54, 1.807) is 0 Å². The number of halogens is 1. The van der Waals surface area contributed by atoms with E-state index < -0.39 is 0 Å². The molecule has 0 unspecified atom stereocenters. The van der Waals surface area contributed by atoms with Crippen molar-refractivity contribution in [1.82, 2.24) is 19.8 Å². The Morgan fingerprint density at radius 1 is 0.864 bits per heavy atom. The summed E-state index contributed by atoms with van der Waals surface area (Å²) < 4.78 is 6.81. The lowest BCUT2D eigenvalue weighted by atomic mass is 9.92. The van der Waals surface area contributed by atoms with Gasteiger partial charge >= 0.3 is 5.97 Å². The van der Waals surface area contributed by atoms with Crippen LogP contribution in [0.15, 0.2) is 24.3 Å². The number of ether oxygens (including phenoxy) is 1. The molecule has 0 saturated heterocycles. The smallest absolute Gasteiger partial charge is 0.305 e. The van der Waals surface area contributed by atoms with E-state index in [0.29, 0.717) is 28.6 Å². The summed E-state index contributed by atoms with van der Waals surface area (Å²) in [5.74, 6) is 0.151. The van der Waals surface area contributed by atoms with Gasteiger partial charge in [0.1, 0.15) is 11.6 Å². The van der Waals surface area contributed by atoms with E-state index in [1.165, 1.54) is 88.1 Å². The molecule has 1 aromatic carbocycles. The molecule has 0 radical (unpaired) electrons. The molecule has 244 valence electrons. The number of esters is 1. The predicted octanol–water partition coefficient (Wildman–Crippen LogP) is 9.81. The minimum absolute atomic E-state index is 0.0765. The number of aromatic amines is 1. The van der Waals surface area contributed by atoms with Crippen LogP contribution in [0.4, 0.5) is 5.69 Å². The number of nitrogens with one attached hydrogen (secondary N) is 2. The molecular weight excluding hydrogens is 574 g/mol. The summed E-state index contributed by atoms with van der Waals surface area (Å²) in [6.07, 6.45) is 19.9. The average Bonchev–Trinajstić information content (AvgIpc) is 3.54. The highest BCUT2D eigenvalue weighted by atomic mass is 35.5. The van der Waals surface area contributed by atoms with Gasteiger partial charge in [0.25, 0.3) is 0 Å². The van der Waals surface area contributed by atoms with Crippen molar-refractivity contribution in [2.24, 2.45) is 0 Å². The molecule has 0 aliphatic heterocycles. The van der Waals surface area contributed by atoms with Crippen LogP contribution in [0, 0.1) is 0 Å². The van der Waals surface area contributed by atoms with Gasteiger partial charge in [0.05, 0.1) is 12.1 Å². The number of nitrogens with zero attached hydrogens (tertiary/aromatic N) is 3. The van der Waals surface area contributed by atoms with Crippen LogP contribution in [0.3, 0.4) is 0 Å². The minimum atomic E-state index is -0.231. The first-order chi connectivity index (χ1) is 21.2. The number of fused-ring (bicyclic) bond motifs is 1. The Balaban J connectivity index is 1.23. The summed E-state index contributed by atoms with van der Waals surface area (Å²) >= 11 is 6.55. The number of amides is 1. The summed E-state index contributed by atoms with van der Waals surface area (Å²) in [6.45, 7) is 8.50. The standard InChI is InChI=1S/C35H54ClN5O3/c1-5-6-7-8-9-10-11-12-13-14-15-16-17-18-19-23-30(43)44-25-24-29(42)37-28-22-20-21-27(26-28)33-38-34-31(36)32(35(2,3)4)39-41(34)40-33/h20-22,26H,5-19,23-25H2,1-4H3,(H,37,42)(H,38,40). The Morgan fingerprint density at radius 3 is 2.02 bits per heavy atom. The molecule has 0 aliphatic carbocycles. The van der Waals surface area contributed by atoms with Gasteiger partial charge in [-0.05, 0) is 18.6 Å². The van der Waals surface area contributed by atoms with Crippen molar-refractivity contribution in [2.45, 2.75) is 142 Å². The number of carbonyl (C=O) groups excluding carboxylic acids is 2. The van der Waals surface area contributed by atoms with Crippen LogP contribution in [0.5, 0.6) is 0 Å². The Bertz CT molecular complexity index is 1290. The number of anilines is 1. The minimum Gasteiger partial charge on any atom is -0.465 e. The van der Waals surface area contributed by atoms with Crippen LogP contribution in [0.25, 0.3) is 17.0 Å². The van der Waals surface area contributed by atoms with Crippen LogP contribution in [-0.2, 0) is 19.7 Å². The summed E-state index contributed by atoms with van der Waals surface area (Å²) in [6, 6.07) is 7.38. The van der Waals surface area contributed by atoms with Crippen molar-refractivity contribution < 1.29 is 14.3 Å². The molecule has 3 aromatic rings. The van der Waals surface area contributed by atoms with Crippen LogP contribution < -0.4 is 5.32 Å². The number of unbranched alkanes of at least 4 members (excludes halogenated alkanes) is 14. The summed E-state index contributed by atoms with van der Waals surface area (Å²) in [7, 11) is 0. The van der Waals surface area contributed by atoms with E-state index in [2.05, 4.69) is 48.2 Å². The largest absolute Gasteiger partial charge is 0.465 e. The van der Waals surface area contributed by atoms with Crippen LogP contribution in [0.1, 0.15) is 143 Å². The highest BCUT2D eigenvalue weighted by Crippen LogP contribution is 2.32. The van der Waals surface area contributed by atoms with Crippen molar-refractivity contribution in [2.75, 3.05) is 11.9 Å². The molecule has 0 aliphatic rings. The van der Waals surface area contributed by atoms with E-state index >= 15 is 0 Å². The fourth-order valence-electron chi connectivity index (χ4n) is 5.34. The SMILES string of the molecule is CCCCCCCCCCCCCCCCCC(=O)OCCC(=O)Nc1cccc(-c2nn3nc(C(C)(C)C)c(Cl)c3[nH]2)c1. The molecule has 1 amide bonds. The maximum absolute atomic E-state index is 12.5. The zero-order valence-corrected chi connectivity index (χ0v) is 28.2. The third-order valence-corrected chi connectivity index (χ3v) is 8.31. The summed E-state index contributed by atoms with van der Waals surface area (Å²) in [5, 5.41) is 12.5. The first kappa shape index (κ1) is 35.6. The van der Waals surface area contributed by atoms with Crippen molar-refractivity contribution in [1.29, 1.82) is 0 Å². The number of hydrogen-bond acceptors (Lipinski definition) is 5. The average molecular weight is 628 g/mol. The fourth-order valence-corrected chi connectivity index (χ4v) is 5.79. The first-order valence-electron chi connectivity index (χ1n) is 16.9. The van der Waals surface area contributed by atoms with E-state index in [0.717, 1.165) is 24.1 Å². The number of aromatic nitrogens is 4. The van der Waals surface area contributed by atoms with Crippen LogP contribution >= 0.6 is 11.6 Å². The normalized spacial score (nSPS) is 11.8. The van der Waals surface area contributed by atoms with Gasteiger partial charge in [0.2, 0.25) is 5.91 Å². The van der Waals surface area contributed by atoms with Gasteiger partial charge in [0, 0.05) is 23.1 Å². The third-order valence-electron chi connectivity index (χ3n) is 7.95. The Kier molecular flexibility index (Phi) is 15.2. The van der Waals surface area contributed by atoms with E-state index in [4.69, 9.17) is 16.3 Å². The molecule has 2 N–H and O–H groups in total. The molecule has 2 aromatic heterocycles. The highest BCUT2D eigenvalue weighted by molar-refractivity contribution is 6.34. The summed E-state index contributed by atoms with van der Waals surface area (Å²) in [5.41, 5.74) is 2.63. The number of H-pyrrole nitrogens is 1. The second kappa shape index (κ2) is 18.8. The molecule has 0 spiro atoms. The second-order valence-electron chi connectivity index (χ2n) is 13.0. The third kappa shape index (κ3) is 12.3. The van der Waals surface area contributed by atoms with Gasteiger partial charge < -0.3 is 15.0 Å². The lowest BCUT2D eigenvalue weighted by Gasteiger charge is -2.14. The van der Waals surface area contributed by atoms with Crippen molar-refractivity contribution in [3.05, 3.63) is 35.0 Å². The van der Waals surface area contributed by atoms with Gasteiger partial charge in [-0.3, -0.25) is 9.59 Å². The first-order valence-corrected chi connectivity index (χ1v) is 17.3. The monoisotopic (exact) mass is 627 g/mol. The van der Waals surface area contributed by atoms with Gasteiger partial charge in [-0.25, -0.2) is 0 Å². The molecule has 9 heteroatoms. The Labute approximate surface area is 269 Å². The molecule has 44 heavy (non-hydrogen) atoms. The molecule has 3 rings (SSSR count). The van der Waals surface area contributed by atoms with Crippen molar-refractivity contribution in [3.63, 3.8) is 0 Å². The number of carbonyl (C=O) groups is 2. The molecule has 0 atom stereocenters. The lowest BCUT2D eigenvalue weighted by molar-refractivity contribution is -0.144. The molecule has 0 saturated carbocycles. The van der Waals surface area contributed by atoms with Gasteiger partial charge in [-0.1, -0.05) is 141 Å². The summed E-state index contributed by atoms with van der Waals surface area (Å²) in [4.78, 5) is 27.8. The maximum atomic E-state index is 12.5. The molecule has 0 bridgehead atoms. The zero-order valence-electron chi connectivity index (χ0n) is 27.5. The maximum Gasteiger partial charge on any atom is 0.305 e. The van der Waals surface area contributed by atoms with Crippen LogP contribution in [-0.4, -0.2) is 38.3 Å². The van der Waals surface area contributed by atoms with Crippen molar-refractivity contribution in [3.8, 4) is 11.4 Å². The number of rotatable bonds is 21. The molecule has 8 nitrogen and oxygen atoms in total. The van der Waals surface area contributed by atoms with Crippen LogP contribution in [0.2, 0.25) is 5.02 Å². The van der Waals surface area contributed by atoms with Gasteiger partial charge in [-0.2, -0.15) is 5.10 Å². The van der Waals surface area contributed by atoms with Gasteiger partial charge in [-0.15, -0.1) is 9.73 Å². The number of benzene rings is 1. The molecule has 0 fully saturated rings. The topological polar surface area (TPSA) is 101 Å². The van der Waals surface area contributed by atoms with E-state index in [1.807, 2.05) is 24.3 Å². The molecule has 2 heterocycles.